The SMILES string of the molecule is CN(C)c1c([N+](=O)[O-])cc(N2C(=O)C3CC=C4C(CC5C(=O)N(c6ccccc6)C(=O)C5(C)C4c4cc(Br)ccc4O)C3C2=O)cc1[N+](=O)[O-]. The first-order valence-corrected chi connectivity index (χ1v) is 16.6. The van der Waals surface area contributed by atoms with Crippen LogP contribution in [0.15, 0.2) is 76.8 Å². The van der Waals surface area contributed by atoms with Crippen LogP contribution < -0.4 is 14.7 Å². The molecule has 4 amide bonds. The summed E-state index contributed by atoms with van der Waals surface area (Å²) in [6.07, 6.45) is 1.90. The van der Waals surface area contributed by atoms with Gasteiger partial charge in [-0.3, -0.25) is 39.4 Å². The Labute approximate surface area is 293 Å². The largest absolute Gasteiger partial charge is 0.508 e. The van der Waals surface area contributed by atoms with Crippen LogP contribution in [-0.4, -0.2) is 52.7 Å². The number of para-hydroxylation sites is 1. The normalized spacial score (nSPS) is 27.1. The van der Waals surface area contributed by atoms with Crippen LogP contribution in [0.3, 0.4) is 0 Å². The molecule has 2 saturated heterocycles. The van der Waals surface area contributed by atoms with Gasteiger partial charge in [-0.2, -0.15) is 0 Å². The Hall–Kier alpha value is -5.44. The van der Waals surface area contributed by atoms with Gasteiger partial charge in [-0.25, -0.2) is 9.80 Å². The van der Waals surface area contributed by atoms with Crippen LogP contribution in [0.4, 0.5) is 28.4 Å². The Morgan fingerprint density at radius 1 is 0.860 bits per heavy atom. The lowest BCUT2D eigenvalue weighted by atomic mass is 9.51. The van der Waals surface area contributed by atoms with Gasteiger partial charge in [0.15, 0.2) is 5.69 Å². The van der Waals surface area contributed by atoms with Crippen LogP contribution in [0, 0.1) is 49.3 Å². The molecule has 3 fully saturated rings. The van der Waals surface area contributed by atoms with Crippen molar-refractivity contribution in [1.82, 2.24) is 0 Å². The average molecular weight is 745 g/mol. The van der Waals surface area contributed by atoms with Gasteiger partial charge in [-0.1, -0.05) is 45.8 Å². The summed E-state index contributed by atoms with van der Waals surface area (Å²) in [5, 5.41) is 35.4. The van der Waals surface area contributed by atoms with Crippen LogP contribution in [0.1, 0.15) is 31.2 Å². The third-order valence-corrected chi connectivity index (χ3v) is 11.2. The second-order valence-corrected chi connectivity index (χ2v) is 14.4. The topological polar surface area (TPSA) is 185 Å². The highest BCUT2D eigenvalue weighted by Crippen LogP contribution is 2.64. The van der Waals surface area contributed by atoms with Crippen LogP contribution in [0.5, 0.6) is 5.75 Å². The maximum Gasteiger partial charge on any atom is 0.301 e. The number of phenols is 1. The number of aromatic hydroxyl groups is 1. The number of hydrogen-bond acceptors (Lipinski definition) is 10. The number of phenolic OH excluding ortho intramolecular Hbond substituents is 1. The second-order valence-electron chi connectivity index (χ2n) is 13.5. The first-order chi connectivity index (χ1) is 23.7. The summed E-state index contributed by atoms with van der Waals surface area (Å²) >= 11 is 3.46. The zero-order chi connectivity index (χ0) is 36.0. The van der Waals surface area contributed by atoms with E-state index in [9.17, 15) is 44.5 Å². The summed E-state index contributed by atoms with van der Waals surface area (Å²) in [5.41, 5.74) is -1.90. The van der Waals surface area contributed by atoms with Crippen molar-refractivity contribution in [2.45, 2.75) is 25.7 Å². The van der Waals surface area contributed by atoms with Crippen molar-refractivity contribution in [3.05, 3.63) is 103 Å². The molecule has 0 aromatic heterocycles. The third-order valence-electron chi connectivity index (χ3n) is 10.7. The van der Waals surface area contributed by atoms with E-state index in [4.69, 9.17) is 0 Å². The minimum absolute atomic E-state index is 0.0371. The third kappa shape index (κ3) is 4.59. The predicted octanol–water partition coefficient (Wildman–Crippen LogP) is 5.47. The van der Waals surface area contributed by atoms with E-state index in [0.29, 0.717) is 21.3 Å². The number of allylic oxidation sites excluding steroid dienone is 2. The molecule has 2 heterocycles. The number of imide groups is 2. The molecule has 14 nitrogen and oxygen atoms in total. The van der Waals surface area contributed by atoms with Crippen molar-refractivity contribution < 1.29 is 34.1 Å². The van der Waals surface area contributed by atoms with Gasteiger partial charge in [0, 0.05) is 42.2 Å². The van der Waals surface area contributed by atoms with Crippen LogP contribution in [0.2, 0.25) is 0 Å². The monoisotopic (exact) mass is 743 g/mol. The fourth-order valence-corrected chi connectivity index (χ4v) is 9.03. The second kappa shape index (κ2) is 11.6. The molecule has 0 spiro atoms. The molecule has 50 heavy (non-hydrogen) atoms. The standard InChI is InChI=1S/C35H30BrN5O9/c1-35-24(32(44)39(34(35)46)18-7-5-4-6-8-18)16-22-20(29(35)23-13-17(36)9-12-27(23)42)10-11-21-28(22)33(45)38(31(21)43)19-14-25(40(47)48)30(37(2)3)26(15-19)41(49)50/h4-10,12-15,21-22,24,28-29,42H,11,16H2,1-3H3. The van der Waals surface area contributed by atoms with Crippen LogP contribution in [0.25, 0.3) is 0 Å². The fraction of sp³-hybridized carbons (Fsp3) is 0.314. The molecular weight excluding hydrogens is 714 g/mol. The van der Waals surface area contributed by atoms with E-state index in [-0.39, 0.29) is 30.0 Å². The molecule has 6 unspecified atom stereocenters. The first kappa shape index (κ1) is 33.1. The number of nitro groups is 2. The van der Waals surface area contributed by atoms with Gasteiger partial charge in [0.05, 0.1) is 44.4 Å². The molecule has 2 aliphatic carbocycles. The number of anilines is 3. The molecule has 6 atom stereocenters. The molecule has 7 rings (SSSR count). The Kier molecular flexibility index (Phi) is 7.66. The minimum atomic E-state index is -1.38. The van der Waals surface area contributed by atoms with Gasteiger partial charge in [0.1, 0.15) is 5.75 Å². The number of amides is 4. The number of rotatable bonds is 6. The van der Waals surface area contributed by atoms with Crippen molar-refractivity contribution in [2.24, 2.45) is 29.1 Å². The molecule has 0 radical (unpaired) electrons. The maximum atomic E-state index is 14.5. The van der Waals surface area contributed by atoms with Gasteiger partial charge in [0.25, 0.3) is 0 Å². The molecular formula is C35H30BrN5O9. The molecule has 15 heteroatoms. The Morgan fingerprint density at radius 3 is 2.10 bits per heavy atom. The van der Waals surface area contributed by atoms with Crippen molar-refractivity contribution in [2.75, 3.05) is 28.8 Å². The number of benzene rings is 3. The van der Waals surface area contributed by atoms with E-state index in [0.717, 1.165) is 21.9 Å². The molecule has 1 N–H and O–H groups in total. The fourth-order valence-electron chi connectivity index (χ4n) is 8.65. The van der Waals surface area contributed by atoms with E-state index >= 15 is 0 Å². The van der Waals surface area contributed by atoms with E-state index in [1.165, 1.54) is 25.1 Å². The summed E-state index contributed by atoms with van der Waals surface area (Å²) in [5.74, 6) is -6.95. The van der Waals surface area contributed by atoms with Crippen LogP contribution >= 0.6 is 15.9 Å². The lowest BCUT2D eigenvalue weighted by Gasteiger charge is -2.49. The highest BCUT2D eigenvalue weighted by atomic mass is 79.9. The van der Waals surface area contributed by atoms with Gasteiger partial charge >= 0.3 is 11.4 Å². The molecule has 1 saturated carbocycles. The predicted molar refractivity (Wildman–Crippen MR) is 183 cm³/mol. The van der Waals surface area contributed by atoms with Gasteiger partial charge < -0.3 is 10.0 Å². The Morgan fingerprint density at radius 2 is 1.50 bits per heavy atom. The van der Waals surface area contributed by atoms with Gasteiger partial charge in [-0.05, 0) is 56.0 Å². The van der Waals surface area contributed by atoms with Gasteiger partial charge in [0.2, 0.25) is 23.6 Å². The minimum Gasteiger partial charge on any atom is -0.508 e. The van der Waals surface area contributed by atoms with Crippen molar-refractivity contribution in [3.8, 4) is 5.75 Å². The maximum absolute atomic E-state index is 14.5. The van der Waals surface area contributed by atoms with Crippen molar-refractivity contribution in [3.63, 3.8) is 0 Å². The summed E-state index contributed by atoms with van der Waals surface area (Å²) < 4.78 is 0.612. The summed E-state index contributed by atoms with van der Waals surface area (Å²) in [6, 6.07) is 15.3. The van der Waals surface area contributed by atoms with E-state index < -0.39 is 79.9 Å². The first-order valence-electron chi connectivity index (χ1n) is 15.8. The molecule has 3 aromatic carbocycles. The summed E-state index contributed by atoms with van der Waals surface area (Å²) in [4.78, 5) is 83.0. The highest BCUT2D eigenvalue weighted by Gasteiger charge is 2.68. The highest BCUT2D eigenvalue weighted by molar-refractivity contribution is 9.10. The van der Waals surface area contributed by atoms with E-state index in [2.05, 4.69) is 15.9 Å². The number of halogens is 1. The number of carbonyl (C=O) groups excluding carboxylic acids is 4. The lowest BCUT2D eigenvalue weighted by Crippen LogP contribution is -2.48. The molecule has 2 aliphatic heterocycles. The molecule has 256 valence electrons. The number of carbonyl (C=O) groups is 4. The Bertz CT molecular complexity index is 2050. The zero-order valence-electron chi connectivity index (χ0n) is 27.0. The zero-order valence-corrected chi connectivity index (χ0v) is 28.6. The van der Waals surface area contributed by atoms with Crippen molar-refractivity contribution in [1.29, 1.82) is 0 Å². The number of hydrogen-bond donors (Lipinski definition) is 1. The van der Waals surface area contributed by atoms with Gasteiger partial charge in [-0.15, -0.1) is 0 Å². The summed E-state index contributed by atoms with van der Waals surface area (Å²) in [7, 11) is 2.82. The molecule has 3 aromatic rings. The average Bonchev–Trinajstić information content (AvgIpc) is 3.45. The van der Waals surface area contributed by atoms with E-state index in [1.54, 1.807) is 55.5 Å². The molecule has 0 bridgehead atoms. The number of nitro benzene ring substituents is 2. The lowest BCUT2D eigenvalue weighted by molar-refractivity contribution is -0.392. The number of nitrogens with zero attached hydrogens (tertiary/aromatic N) is 5. The van der Waals surface area contributed by atoms with E-state index in [1.807, 2.05) is 0 Å². The Balaban J connectivity index is 1.37. The quantitative estimate of drug-likeness (QED) is 0.147. The molecule has 4 aliphatic rings. The summed E-state index contributed by atoms with van der Waals surface area (Å²) in [6.45, 7) is 1.70. The smallest absolute Gasteiger partial charge is 0.301 e. The van der Waals surface area contributed by atoms with Crippen molar-refractivity contribution >= 4 is 68.0 Å². The van der Waals surface area contributed by atoms with Crippen LogP contribution in [-0.2, 0) is 19.2 Å². The number of fused-ring (bicyclic) bond motifs is 4.